The van der Waals surface area contributed by atoms with Gasteiger partial charge in [0.2, 0.25) is 0 Å². The molecule has 0 spiro atoms. The number of aliphatic hydroxyl groups excluding tert-OH is 1. The molecule has 1 heterocycles. The van der Waals surface area contributed by atoms with Gasteiger partial charge in [0.05, 0.1) is 21.7 Å². The number of Topliss-reactive ketones (excluding diaryl/α,β-unsaturated/α-hetero) is 1. The third-order valence-corrected chi connectivity index (χ3v) is 5.84. The SMILES string of the molecule is Cc1cccc(C2/C(=C(/O)c3ccc(Cl)c(Cl)c3)C(=O)C(=O)N2c2ccc(F)cc2)c1. The van der Waals surface area contributed by atoms with Crippen LogP contribution in [0.15, 0.2) is 72.3 Å². The van der Waals surface area contributed by atoms with Gasteiger partial charge in [-0.05, 0) is 55.0 Å². The van der Waals surface area contributed by atoms with Gasteiger partial charge >= 0.3 is 0 Å². The standard InChI is InChI=1S/C24H16Cl2FNO3/c1-13-3-2-4-14(11-13)21-20(22(29)15-5-10-18(25)19(26)12-15)23(30)24(31)28(21)17-8-6-16(27)7-9-17/h2-12,21,29H,1H3/b22-20-. The number of anilines is 1. The highest BCUT2D eigenvalue weighted by Gasteiger charge is 2.47. The summed E-state index contributed by atoms with van der Waals surface area (Å²) >= 11 is 12.0. The average Bonchev–Trinajstić information content (AvgIpc) is 3.01. The number of hydrogen-bond donors (Lipinski definition) is 1. The maximum atomic E-state index is 13.5. The quantitative estimate of drug-likeness (QED) is 0.296. The summed E-state index contributed by atoms with van der Waals surface area (Å²) in [7, 11) is 0. The summed E-state index contributed by atoms with van der Waals surface area (Å²) in [5.41, 5.74) is 2.05. The average molecular weight is 456 g/mol. The number of hydrogen-bond acceptors (Lipinski definition) is 3. The Bertz CT molecular complexity index is 1240. The fourth-order valence-electron chi connectivity index (χ4n) is 3.66. The number of aliphatic hydroxyl groups is 1. The maximum absolute atomic E-state index is 13.5. The van der Waals surface area contributed by atoms with Crippen molar-refractivity contribution in [2.24, 2.45) is 0 Å². The molecular weight excluding hydrogens is 440 g/mol. The summed E-state index contributed by atoms with van der Waals surface area (Å²) in [6.07, 6.45) is 0. The van der Waals surface area contributed by atoms with Gasteiger partial charge in [0.15, 0.2) is 0 Å². The lowest BCUT2D eigenvalue weighted by atomic mass is 9.94. The van der Waals surface area contributed by atoms with Crippen LogP contribution >= 0.6 is 23.2 Å². The molecule has 0 radical (unpaired) electrons. The van der Waals surface area contributed by atoms with Crippen LogP contribution in [0, 0.1) is 12.7 Å². The highest BCUT2D eigenvalue weighted by molar-refractivity contribution is 6.51. The zero-order valence-corrected chi connectivity index (χ0v) is 17.8. The van der Waals surface area contributed by atoms with Crippen LogP contribution in [0.25, 0.3) is 5.76 Å². The normalized spacial score (nSPS) is 17.9. The molecule has 1 amide bonds. The van der Waals surface area contributed by atoms with Crippen molar-refractivity contribution in [2.45, 2.75) is 13.0 Å². The Morgan fingerprint density at radius 3 is 2.32 bits per heavy atom. The molecule has 1 saturated heterocycles. The van der Waals surface area contributed by atoms with Crippen molar-refractivity contribution in [3.05, 3.63) is 105 Å². The molecule has 0 aliphatic carbocycles. The van der Waals surface area contributed by atoms with Crippen molar-refractivity contribution in [1.29, 1.82) is 0 Å². The minimum Gasteiger partial charge on any atom is -0.507 e. The first-order valence-corrected chi connectivity index (χ1v) is 10.1. The first-order chi connectivity index (χ1) is 14.8. The van der Waals surface area contributed by atoms with Crippen molar-refractivity contribution in [1.82, 2.24) is 0 Å². The van der Waals surface area contributed by atoms with Gasteiger partial charge in [0, 0.05) is 11.3 Å². The molecule has 0 aromatic heterocycles. The van der Waals surface area contributed by atoms with Crippen molar-refractivity contribution in [3.8, 4) is 0 Å². The molecule has 1 atom stereocenters. The van der Waals surface area contributed by atoms with Crippen LogP contribution in [-0.4, -0.2) is 16.8 Å². The number of aryl methyl sites for hydroxylation is 1. The van der Waals surface area contributed by atoms with Crippen LogP contribution < -0.4 is 4.90 Å². The lowest BCUT2D eigenvalue weighted by Gasteiger charge is -2.25. The first kappa shape index (κ1) is 21.1. The number of benzene rings is 3. The number of halogens is 3. The maximum Gasteiger partial charge on any atom is 0.300 e. The molecule has 3 aromatic rings. The topological polar surface area (TPSA) is 57.6 Å². The Labute approximate surface area is 188 Å². The van der Waals surface area contributed by atoms with Gasteiger partial charge in [-0.2, -0.15) is 0 Å². The molecule has 4 rings (SSSR count). The van der Waals surface area contributed by atoms with Crippen LogP contribution in [0.2, 0.25) is 10.0 Å². The Morgan fingerprint density at radius 1 is 0.968 bits per heavy atom. The van der Waals surface area contributed by atoms with E-state index in [9.17, 15) is 19.1 Å². The van der Waals surface area contributed by atoms with E-state index in [0.717, 1.165) is 5.56 Å². The van der Waals surface area contributed by atoms with E-state index in [-0.39, 0.29) is 21.9 Å². The molecule has 7 heteroatoms. The smallest absolute Gasteiger partial charge is 0.300 e. The van der Waals surface area contributed by atoms with E-state index < -0.39 is 23.5 Å². The molecule has 1 N–H and O–H groups in total. The first-order valence-electron chi connectivity index (χ1n) is 9.36. The molecule has 0 saturated carbocycles. The van der Waals surface area contributed by atoms with Gasteiger partial charge in [-0.3, -0.25) is 14.5 Å². The van der Waals surface area contributed by atoms with E-state index in [1.54, 1.807) is 12.1 Å². The summed E-state index contributed by atoms with van der Waals surface area (Å²) < 4.78 is 13.5. The van der Waals surface area contributed by atoms with E-state index in [4.69, 9.17) is 23.2 Å². The molecule has 156 valence electrons. The molecule has 1 unspecified atom stereocenters. The number of rotatable bonds is 3. The highest BCUT2D eigenvalue weighted by Crippen LogP contribution is 2.42. The van der Waals surface area contributed by atoms with Crippen LogP contribution in [0.1, 0.15) is 22.7 Å². The Morgan fingerprint density at radius 2 is 1.68 bits per heavy atom. The third kappa shape index (κ3) is 3.82. The summed E-state index contributed by atoms with van der Waals surface area (Å²) in [4.78, 5) is 27.3. The zero-order valence-electron chi connectivity index (χ0n) is 16.3. The van der Waals surface area contributed by atoms with Gasteiger partial charge in [-0.1, -0.05) is 53.0 Å². The Kier molecular flexibility index (Phi) is 5.56. The molecule has 4 nitrogen and oxygen atoms in total. The molecular formula is C24H16Cl2FNO3. The fourth-order valence-corrected chi connectivity index (χ4v) is 3.95. The van der Waals surface area contributed by atoms with Crippen LogP contribution in [-0.2, 0) is 9.59 Å². The van der Waals surface area contributed by atoms with Crippen molar-refractivity contribution in [2.75, 3.05) is 4.90 Å². The minimum absolute atomic E-state index is 0.0849. The predicted molar refractivity (Wildman–Crippen MR) is 119 cm³/mol. The lowest BCUT2D eigenvalue weighted by molar-refractivity contribution is -0.132. The molecule has 1 aliphatic rings. The molecule has 0 bridgehead atoms. The fraction of sp³-hybridized carbons (Fsp3) is 0.0833. The minimum atomic E-state index is -0.903. The zero-order chi connectivity index (χ0) is 22.3. The number of ketones is 1. The van der Waals surface area contributed by atoms with E-state index >= 15 is 0 Å². The second kappa shape index (κ2) is 8.17. The summed E-state index contributed by atoms with van der Waals surface area (Å²) in [6, 6.07) is 16.1. The molecule has 1 fully saturated rings. The summed E-state index contributed by atoms with van der Waals surface area (Å²) in [5.74, 6) is -2.50. The second-order valence-electron chi connectivity index (χ2n) is 7.19. The largest absolute Gasteiger partial charge is 0.507 e. The molecule has 31 heavy (non-hydrogen) atoms. The number of carbonyl (C=O) groups is 2. The van der Waals surface area contributed by atoms with E-state index in [0.29, 0.717) is 16.3 Å². The highest BCUT2D eigenvalue weighted by atomic mass is 35.5. The van der Waals surface area contributed by atoms with Crippen LogP contribution in [0.4, 0.5) is 10.1 Å². The van der Waals surface area contributed by atoms with E-state index in [1.165, 1.54) is 47.4 Å². The molecule has 1 aliphatic heterocycles. The monoisotopic (exact) mass is 455 g/mol. The number of nitrogens with zero attached hydrogens (tertiary/aromatic N) is 1. The van der Waals surface area contributed by atoms with Crippen LogP contribution in [0.3, 0.4) is 0 Å². The third-order valence-electron chi connectivity index (χ3n) is 5.10. The molecule has 3 aromatic carbocycles. The lowest BCUT2D eigenvalue weighted by Crippen LogP contribution is -2.29. The summed E-state index contributed by atoms with van der Waals surface area (Å²) in [6.45, 7) is 1.88. The van der Waals surface area contributed by atoms with Gasteiger partial charge < -0.3 is 5.11 Å². The van der Waals surface area contributed by atoms with Gasteiger partial charge in [0.25, 0.3) is 11.7 Å². The predicted octanol–water partition coefficient (Wildman–Crippen LogP) is 6.07. The van der Waals surface area contributed by atoms with Gasteiger partial charge in [0.1, 0.15) is 11.6 Å². The second-order valence-corrected chi connectivity index (χ2v) is 8.00. The number of carbonyl (C=O) groups excluding carboxylic acids is 2. The Balaban J connectivity index is 1.96. The van der Waals surface area contributed by atoms with Crippen molar-refractivity contribution in [3.63, 3.8) is 0 Å². The van der Waals surface area contributed by atoms with Crippen molar-refractivity contribution >= 4 is 46.3 Å². The van der Waals surface area contributed by atoms with E-state index in [2.05, 4.69) is 0 Å². The van der Waals surface area contributed by atoms with Gasteiger partial charge in [-0.25, -0.2) is 4.39 Å². The van der Waals surface area contributed by atoms with Crippen molar-refractivity contribution < 1.29 is 19.1 Å². The number of amides is 1. The van der Waals surface area contributed by atoms with E-state index in [1.807, 2.05) is 19.1 Å². The Hall–Kier alpha value is -3.15. The van der Waals surface area contributed by atoms with Crippen LogP contribution in [0.5, 0.6) is 0 Å². The van der Waals surface area contributed by atoms with Gasteiger partial charge in [-0.15, -0.1) is 0 Å². The summed E-state index contributed by atoms with van der Waals surface area (Å²) in [5, 5.41) is 11.5.